The maximum absolute atomic E-state index is 9.83. The van der Waals surface area contributed by atoms with Crippen LogP contribution in [-0.2, 0) is 9.47 Å². The van der Waals surface area contributed by atoms with Crippen LogP contribution in [0, 0.1) is 0 Å². The van der Waals surface area contributed by atoms with Gasteiger partial charge in [0.05, 0.1) is 13.2 Å². The fourth-order valence-corrected chi connectivity index (χ4v) is 3.95. The highest BCUT2D eigenvalue weighted by Crippen LogP contribution is 2.20. The third kappa shape index (κ3) is 12.7. The molecule has 0 aromatic heterocycles. The summed E-state index contributed by atoms with van der Waals surface area (Å²) in [5.74, 6) is 0. The van der Waals surface area contributed by atoms with Gasteiger partial charge in [-0.1, -0.05) is 83.1 Å². The molecule has 1 rings (SSSR count). The number of aliphatic hydroxyl groups excluding tert-OH is 3. The van der Waals surface area contributed by atoms with Crippen molar-refractivity contribution in [2.75, 3.05) is 19.8 Å². The maximum atomic E-state index is 9.83. The zero-order valence-electron chi connectivity index (χ0n) is 18.5. The molecular formula is C24H46O5. The molecule has 1 fully saturated rings. The Balaban J connectivity index is 1.81. The largest absolute Gasteiger partial charge is 0.394 e. The normalized spacial score (nSPS) is 22.8. The van der Waals surface area contributed by atoms with Gasteiger partial charge >= 0.3 is 0 Å². The number of allylic oxidation sites excluding steroid dienone is 1. The molecule has 0 unspecified atom stereocenters. The van der Waals surface area contributed by atoms with E-state index in [0.29, 0.717) is 6.61 Å². The Morgan fingerprint density at radius 2 is 1.31 bits per heavy atom. The van der Waals surface area contributed by atoms with Gasteiger partial charge < -0.3 is 24.8 Å². The molecule has 0 spiro atoms. The summed E-state index contributed by atoms with van der Waals surface area (Å²) in [7, 11) is 0. The molecule has 0 radical (unpaired) electrons. The van der Waals surface area contributed by atoms with Gasteiger partial charge in [-0.3, -0.25) is 0 Å². The Morgan fingerprint density at radius 1 is 0.828 bits per heavy atom. The second-order valence-electron chi connectivity index (χ2n) is 8.47. The van der Waals surface area contributed by atoms with Crippen LogP contribution in [-0.4, -0.2) is 59.6 Å². The Kier molecular flexibility index (Phi) is 16.8. The van der Waals surface area contributed by atoms with Gasteiger partial charge in [0.15, 0.2) is 0 Å². The van der Waals surface area contributed by atoms with Crippen molar-refractivity contribution < 1.29 is 24.8 Å². The first-order valence-electron chi connectivity index (χ1n) is 12.0. The first-order valence-corrected chi connectivity index (χ1v) is 12.0. The van der Waals surface area contributed by atoms with Crippen molar-refractivity contribution in [3.63, 3.8) is 0 Å². The third-order valence-corrected chi connectivity index (χ3v) is 5.87. The van der Waals surface area contributed by atoms with Gasteiger partial charge in [0.25, 0.3) is 0 Å². The van der Waals surface area contributed by atoms with Gasteiger partial charge in [0, 0.05) is 6.61 Å². The smallest absolute Gasteiger partial charge is 0.114 e. The molecule has 3 N–H and O–H groups in total. The number of hydrogen-bond acceptors (Lipinski definition) is 5. The molecule has 1 aliphatic heterocycles. The van der Waals surface area contributed by atoms with Crippen molar-refractivity contribution in [2.45, 2.75) is 121 Å². The van der Waals surface area contributed by atoms with Crippen LogP contribution >= 0.6 is 0 Å². The first-order chi connectivity index (χ1) is 14.2. The molecule has 0 aromatic carbocycles. The number of unbranched alkanes of at least 4 members (excludes halogenated alkanes) is 14. The number of rotatable bonds is 20. The van der Waals surface area contributed by atoms with E-state index < -0.39 is 24.4 Å². The van der Waals surface area contributed by atoms with Crippen molar-refractivity contribution in [3.05, 3.63) is 12.7 Å². The summed E-state index contributed by atoms with van der Waals surface area (Å²) >= 11 is 0. The summed E-state index contributed by atoms with van der Waals surface area (Å²) in [6.45, 7) is 4.21. The van der Waals surface area contributed by atoms with Crippen LogP contribution in [0.1, 0.15) is 96.3 Å². The van der Waals surface area contributed by atoms with Crippen molar-refractivity contribution in [3.8, 4) is 0 Å². The lowest BCUT2D eigenvalue weighted by Gasteiger charge is -2.24. The zero-order valence-corrected chi connectivity index (χ0v) is 18.5. The molecule has 4 atom stereocenters. The van der Waals surface area contributed by atoms with Crippen molar-refractivity contribution in [1.82, 2.24) is 0 Å². The molecule has 172 valence electrons. The fourth-order valence-electron chi connectivity index (χ4n) is 3.95. The summed E-state index contributed by atoms with van der Waals surface area (Å²) in [5, 5.41) is 28.8. The molecule has 0 aromatic rings. The van der Waals surface area contributed by atoms with Gasteiger partial charge in [-0.2, -0.15) is 0 Å². The van der Waals surface area contributed by atoms with E-state index in [1.165, 1.54) is 83.5 Å². The van der Waals surface area contributed by atoms with Crippen molar-refractivity contribution >= 4 is 0 Å². The predicted octanol–water partition coefficient (Wildman–Crippen LogP) is 4.52. The van der Waals surface area contributed by atoms with Crippen LogP contribution in [0.3, 0.4) is 0 Å². The molecule has 0 bridgehead atoms. The third-order valence-electron chi connectivity index (χ3n) is 5.87. The van der Waals surface area contributed by atoms with E-state index in [0.717, 1.165) is 12.8 Å². The lowest BCUT2D eigenvalue weighted by Crippen LogP contribution is -2.42. The minimum Gasteiger partial charge on any atom is -0.394 e. The highest BCUT2D eigenvalue weighted by atomic mass is 16.6. The average Bonchev–Trinajstić information content (AvgIpc) is 3.06. The van der Waals surface area contributed by atoms with Crippen LogP contribution in [0.5, 0.6) is 0 Å². The van der Waals surface area contributed by atoms with Crippen molar-refractivity contribution in [1.29, 1.82) is 0 Å². The van der Waals surface area contributed by atoms with Crippen LogP contribution in [0.15, 0.2) is 12.7 Å². The summed E-state index contributed by atoms with van der Waals surface area (Å²) in [4.78, 5) is 0. The highest BCUT2D eigenvalue weighted by Gasteiger charge is 2.40. The van der Waals surface area contributed by atoms with Gasteiger partial charge in [0.1, 0.15) is 24.4 Å². The zero-order chi connectivity index (χ0) is 21.2. The molecule has 5 heteroatoms. The fraction of sp³-hybridized carbons (Fsp3) is 0.917. The monoisotopic (exact) mass is 414 g/mol. The Labute approximate surface area is 178 Å². The van der Waals surface area contributed by atoms with Gasteiger partial charge in [-0.15, -0.1) is 6.58 Å². The molecule has 29 heavy (non-hydrogen) atoms. The molecule has 0 aliphatic carbocycles. The number of aliphatic hydroxyl groups is 3. The van der Waals surface area contributed by atoms with E-state index in [9.17, 15) is 15.3 Å². The van der Waals surface area contributed by atoms with Gasteiger partial charge in [-0.25, -0.2) is 0 Å². The highest BCUT2D eigenvalue weighted by molar-refractivity contribution is 4.88. The van der Waals surface area contributed by atoms with Crippen LogP contribution in [0.4, 0.5) is 0 Å². The molecule has 0 amide bonds. The molecule has 1 saturated heterocycles. The molecular weight excluding hydrogens is 368 g/mol. The molecule has 0 saturated carbocycles. The SMILES string of the molecule is C=CCCCCCCCCCCCCCCCCO[C@@H](CO)[C@H]1OC[C@@H](O)[C@H]1O. The van der Waals surface area contributed by atoms with Gasteiger partial charge in [0.2, 0.25) is 0 Å². The standard InChI is InChI=1S/C24H46O5/c1-2-3-4-5-6-7-8-9-10-11-12-13-14-15-16-17-18-28-22(19-25)24-23(27)21(26)20-29-24/h2,21-27H,1,3-20H2/t21-,22+,23-,24-/m1/s1. The quantitative estimate of drug-likeness (QED) is 0.202. The van der Waals surface area contributed by atoms with E-state index in [-0.39, 0.29) is 13.2 Å². The Morgan fingerprint density at radius 3 is 1.72 bits per heavy atom. The topological polar surface area (TPSA) is 79.2 Å². The lowest BCUT2D eigenvalue weighted by molar-refractivity contribution is -0.101. The summed E-state index contributed by atoms with van der Waals surface area (Å²) < 4.78 is 11.0. The summed E-state index contributed by atoms with van der Waals surface area (Å²) in [6.07, 6.45) is 18.4. The average molecular weight is 415 g/mol. The van der Waals surface area contributed by atoms with E-state index in [1.54, 1.807) is 0 Å². The van der Waals surface area contributed by atoms with Crippen LogP contribution in [0.2, 0.25) is 0 Å². The first kappa shape index (κ1) is 26.6. The predicted molar refractivity (Wildman–Crippen MR) is 118 cm³/mol. The molecule has 1 heterocycles. The maximum Gasteiger partial charge on any atom is 0.114 e. The second-order valence-corrected chi connectivity index (χ2v) is 8.47. The molecule has 1 aliphatic rings. The van der Waals surface area contributed by atoms with E-state index in [1.807, 2.05) is 6.08 Å². The van der Waals surface area contributed by atoms with Crippen LogP contribution in [0.25, 0.3) is 0 Å². The minimum absolute atomic E-state index is 0.0990. The summed E-state index contributed by atoms with van der Waals surface area (Å²) in [5.41, 5.74) is 0. The van der Waals surface area contributed by atoms with E-state index >= 15 is 0 Å². The van der Waals surface area contributed by atoms with E-state index in [4.69, 9.17) is 9.47 Å². The number of ether oxygens (including phenoxy) is 2. The van der Waals surface area contributed by atoms with Gasteiger partial charge in [-0.05, 0) is 19.3 Å². The minimum atomic E-state index is -0.977. The Bertz CT molecular complexity index is 376. The lowest BCUT2D eigenvalue weighted by atomic mass is 10.0. The van der Waals surface area contributed by atoms with Crippen LogP contribution < -0.4 is 0 Å². The Hall–Kier alpha value is -0.460. The summed E-state index contributed by atoms with van der Waals surface area (Å²) in [6, 6.07) is 0. The molecule has 5 nitrogen and oxygen atoms in total. The number of hydrogen-bond donors (Lipinski definition) is 3. The van der Waals surface area contributed by atoms with Crippen molar-refractivity contribution in [2.24, 2.45) is 0 Å². The van der Waals surface area contributed by atoms with E-state index in [2.05, 4.69) is 6.58 Å². The second kappa shape index (κ2) is 18.3.